The summed E-state index contributed by atoms with van der Waals surface area (Å²) in [4.78, 5) is 0.746. The number of sulfonamides is 4. The minimum atomic E-state index is -3.85. The van der Waals surface area contributed by atoms with Gasteiger partial charge in [0.1, 0.15) is 0 Å². The molecule has 0 bridgehead atoms. The van der Waals surface area contributed by atoms with Crippen LogP contribution in [-0.2, 0) is 59.0 Å². The van der Waals surface area contributed by atoms with Crippen molar-refractivity contribution < 1.29 is 52.6 Å². The van der Waals surface area contributed by atoms with Crippen LogP contribution in [0.4, 0.5) is 0 Å². The first-order chi connectivity index (χ1) is 34.4. The highest BCUT2D eigenvalue weighted by atomic mass is 32.2. The lowest BCUT2D eigenvalue weighted by Crippen LogP contribution is -2.36. The lowest BCUT2D eigenvalue weighted by Gasteiger charge is -2.24. The van der Waals surface area contributed by atoms with Crippen LogP contribution in [0.2, 0.25) is 0 Å². The van der Waals surface area contributed by atoms with Crippen LogP contribution in [0.25, 0.3) is 0 Å². The number of ether oxygens (including phenoxy) is 4. The summed E-state index contributed by atoms with van der Waals surface area (Å²) >= 11 is 0. The molecule has 4 aromatic rings. The Morgan fingerprint density at radius 3 is 0.625 bits per heavy atom. The minimum Gasteiger partial charge on any atom is -0.378 e. The van der Waals surface area contributed by atoms with E-state index in [1.165, 1.54) is 17.2 Å². The molecule has 0 aromatic heterocycles. The quantitative estimate of drug-likeness (QED) is 0.173. The summed E-state index contributed by atoms with van der Waals surface area (Å²) < 4.78 is 140. The number of nitrogens with zero attached hydrogens (tertiary/aromatic N) is 4. The predicted octanol–water partition coefficient (Wildman–Crippen LogP) is 7.18. The SMILES string of the molecule is Cc1ccc(S(=O)(=O)N2CCCCCCN(S(=O)(=O)c3ccc(C)cc3)CCOCCOCCN(S(=O)(=O)c3ccc(C)cc3)CCCCCCN(S(=O)(=O)c3ccc(C)cc3)CCOCCOCC2)cc1. The topological polar surface area (TPSA) is 186 Å². The van der Waals surface area contributed by atoms with Crippen molar-refractivity contribution in [2.45, 2.75) is 98.6 Å². The Hall–Kier alpha value is -3.64. The van der Waals surface area contributed by atoms with Gasteiger partial charge in [0.05, 0.1) is 72.4 Å². The van der Waals surface area contributed by atoms with E-state index in [-0.39, 0.29) is 125 Å². The zero-order valence-corrected chi connectivity index (χ0v) is 45.8. The fourth-order valence-electron chi connectivity index (χ4n) is 8.02. The number of rotatable bonds is 8. The first-order valence-corrected chi connectivity index (χ1v) is 30.8. The van der Waals surface area contributed by atoms with Crippen LogP contribution in [0.5, 0.6) is 0 Å². The van der Waals surface area contributed by atoms with Crippen LogP contribution in [0.15, 0.2) is 117 Å². The highest BCUT2D eigenvalue weighted by Gasteiger charge is 2.28. The Morgan fingerprint density at radius 1 is 0.264 bits per heavy atom. The van der Waals surface area contributed by atoms with Gasteiger partial charge in [-0.05, 0) is 102 Å². The first-order valence-electron chi connectivity index (χ1n) is 25.0. The van der Waals surface area contributed by atoms with E-state index in [9.17, 15) is 33.7 Å². The van der Waals surface area contributed by atoms with E-state index in [4.69, 9.17) is 18.9 Å². The molecule has 1 heterocycles. The zero-order valence-electron chi connectivity index (χ0n) is 42.5. The summed E-state index contributed by atoms with van der Waals surface area (Å²) in [5.41, 5.74) is 3.75. The molecule has 0 amide bonds. The Bertz CT molecular complexity index is 2300. The molecule has 1 aliphatic heterocycles. The average molecular weight is 1080 g/mol. The minimum absolute atomic E-state index is 0.104. The molecule has 5 rings (SSSR count). The van der Waals surface area contributed by atoms with Crippen LogP contribution >= 0.6 is 0 Å². The van der Waals surface area contributed by atoms with Crippen molar-refractivity contribution in [3.63, 3.8) is 0 Å². The summed E-state index contributed by atoms with van der Waals surface area (Å²) in [6, 6.07) is 26.9. The van der Waals surface area contributed by atoms with Gasteiger partial charge in [-0.3, -0.25) is 0 Å². The van der Waals surface area contributed by atoms with Gasteiger partial charge in [0.15, 0.2) is 0 Å². The maximum absolute atomic E-state index is 13.9. The molecule has 400 valence electrons. The van der Waals surface area contributed by atoms with E-state index in [0.29, 0.717) is 51.4 Å². The Labute approximate surface area is 430 Å². The van der Waals surface area contributed by atoms with Crippen LogP contribution in [-0.4, -0.2) is 156 Å². The molecule has 0 unspecified atom stereocenters. The second kappa shape index (κ2) is 29.5. The van der Waals surface area contributed by atoms with Crippen molar-refractivity contribution in [1.82, 2.24) is 17.2 Å². The fraction of sp³-hybridized carbons (Fsp3) is 0.538. The molecule has 0 atom stereocenters. The van der Waals surface area contributed by atoms with Gasteiger partial charge < -0.3 is 18.9 Å². The molecule has 0 radical (unpaired) electrons. The highest BCUT2D eigenvalue weighted by Crippen LogP contribution is 2.22. The van der Waals surface area contributed by atoms with Gasteiger partial charge >= 0.3 is 0 Å². The van der Waals surface area contributed by atoms with Crippen molar-refractivity contribution in [1.29, 1.82) is 0 Å². The molecule has 1 aliphatic rings. The second-order valence-corrected chi connectivity index (χ2v) is 25.9. The number of aryl methyl sites for hydroxylation is 4. The van der Waals surface area contributed by atoms with Crippen molar-refractivity contribution in [2.75, 3.05) is 105 Å². The monoisotopic (exact) mass is 1080 g/mol. The Kier molecular flexibility index (Phi) is 24.2. The van der Waals surface area contributed by atoms with E-state index in [1.807, 2.05) is 27.7 Å². The van der Waals surface area contributed by atoms with Crippen LogP contribution in [0, 0.1) is 27.7 Å². The van der Waals surface area contributed by atoms with Gasteiger partial charge in [-0.1, -0.05) is 96.5 Å². The number of hydrogen-bond acceptors (Lipinski definition) is 12. The van der Waals surface area contributed by atoms with E-state index >= 15 is 0 Å². The molecule has 16 nitrogen and oxygen atoms in total. The summed E-state index contributed by atoms with van der Waals surface area (Å²) in [6.07, 6.45) is 4.78. The zero-order chi connectivity index (χ0) is 52.0. The standard InChI is InChI=1S/C52H76N4O12S4/c1-45-13-21-49(22-14-45)69(57,58)53-29-9-5-6-10-30-54(70(59,60)50-23-15-46(2)16-24-50)35-39-67-43-44-68-40-36-56(72(63,64)52-27-19-48(4)20-28-52)32-12-8-7-11-31-55(34-38-66-42-41-65-37-33-53)71(61,62)51-25-17-47(3)18-26-51/h13-28H,5-12,29-44H2,1-4H3. The van der Waals surface area contributed by atoms with Crippen LogP contribution in [0.1, 0.15) is 73.6 Å². The van der Waals surface area contributed by atoms with E-state index in [2.05, 4.69) is 0 Å². The third-order valence-corrected chi connectivity index (χ3v) is 20.1. The molecule has 20 heteroatoms. The molecular weight excluding hydrogens is 1000 g/mol. The lowest BCUT2D eigenvalue weighted by molar-refractivity contribution is 0.0411. The smallest absolute Gasteiger partial charge is 0.243 e. The molecule has 4 aromatic carbocycles. The van der Waals surface area contributed by atoms with Gasteiger partial charge in [-0.25, -0.2) is 33.7 Å². The highest BCUT2D eigenvalue weighted by molar-refractivity contribution is 7.90. The van der Waals surface area contributed by atoms with E-state index in [0.717, 1.165) is 22.3 Å². The molecule has 1 saturated heterocycles. The largest absolute Gasteiger partial charge is 0.378 e. The van der Waals surface area contributed by atoms with E-state index in [1.54, 1.807) is 97.1 Å². The molecule has 0 saturated carbocycles. The molecule has 0 N–H and O–H groups in total. The molecular formula is C52H76N4O12S4. The van der Waals surface area contributed by atoms with Gasteiger partial charge in [0, 0.05) is 52.4 Å². The van der Waals surface area contributed by atoms with Crippen molar-refractivity contribution in [3.05, 3.63) is 119 Å². The second-order valence-electron chi connectivity index (χ2n) is 18.1. The average Bonchev–Trinajstić information content (AvgIpc) is 3.34. The molecule has 0 aliphatic carbocycles. The Morgan fingerprint density at radius 2 is 0.444 bits per heavy atom. The van der Waals surface area contributed by atoms with E-state index < -0.39 is 40.1 Å². The van der Waals surface area contributed by atoms with Gasteiger partial charge in [-0.2, -0.15) is 17.2 Å². The Balaban J connectivity index is 1.27. The van der Waals surface area contributed by atoms with Crippen LogP contribution in [0.3, 0.4) is 0 Å². The summed E-state index contributed by atoms with van der Waals surface area (Å²) in [5, 5.41) is 0. The fourth-order valence-corrected chi connectivity index (χ4v) is 13.9. The maximum Gasteiger partial charge on any atom is 0.243 e. The van der Waals surface area contributed by atoms with Crippen molar-refractivity contribution in [2.24, 2.45) is 0 Å². The maximum atomic E-state index is 13.9. The summed E-state index contributed by atoms with van der Waals surface area (Å²) in [5.74, 6) is 0. The van der Waals surface area contributed by atoms with Crippen LogP contribution < -0.4 is 0 Å². The van der Waals surface area contributed by atoms with Gasteiger partial charge in [0.25, 0.3) is 0 Å². The van der Waals surface area contributed by atoms with Crippen molar-refractivity contribution in [3.8, 4) is 0 Å². The summed E-state index contributed by atoms with van der Waals surface area (Å²) in [7, 11) is -15.4. The third kappa shape index (κ3) is 18.3. The van der Waals surface area contributed by atoms with Gasteiger partial charge in [0.2, 0.25) is 40.1 Å². The third-order valence-electron chi connectivity index (χ3n) is 12.4. The van der Waals surface area contributed by atoms with Gasteiger partial charge in [-0.15, -0.1) is 0 Å². The first kappa shape index (κ1) is 59.2. The number of benzene rings is 4. The molecule has 0 spiro atoms. The molecule has 72 heavy (non-hydrogen) atoms. The predicted molar refractivity (Wildman–Crippen MR) is 280 cm³/mol. The lowest BCUT2D eigenvalue weighted by atomic mass is 10.2. The normalized spacial score (nSPS) is 19.2. The number of hydrogen-bond donors (Lipinski definition) is 0. The molecule has 1 fully saturated rings. The summed E-state index contributed by atoms with van der Waals surface area (Å²) in [6.45, 7) is 10.0. The van der Waals surface area contributed by atoms with Crippen molar-refractivity contribution >= 4 is 40.1 Å².